The highest BCUT2D eigenvalue weighted by Gasteiger charge is 2.73. The van der Waals surface area contributed by atoms with Crippen molar-refractivity contribution in [3.8, 4) is 0 Å². The largest absolute Gasteiger partial charge is 0.430 e. The van der Waals surface area contributed by atoms with E-state index in [1.165, 1.54) is 0 Å². The third-order valence-corrected chi connectivity index (χ3v) is 8.01. The van der Waals surface area contributed by atoms with Gasteiger partial charge in [-0.15, -0.1) is 0 Å². The van der Waals surface area contributed by atoms with Gasteiger partial charge in [0.1, 0.15) is 0 Å². The Hall–Kier alpha value is -2.88. The van der Waals surface area contributed by atoms with Gasteiger partial charge in [0, 0.05) is 27.9 Å². The number of aryl methyl sites for hydroxylation is 2. The Labute approximate surface area is 231 Å². The Morgan fingerprint density at radius 1 is 0.548 bits per heavy atom. The summed E-state index contributed by atoms with van der Waals surface area (Å²) in [6.07, 6.45) is -24.6. The van der Waals surface area contributed by atoms with Crippen LogP contribution in [0, 0.1) is 13.8 Å². The summed E-state index contributed by atoms with van der Waals surface area (Å²) >= 11 is 0. The molecule has 4 nitrogen and oxygen atoms in total. The normalized spacial score (nSPS) is 17.4. The summed E-state index contributed by atoms with van der Waals surface area (Å²) in [6, 6.07) is 2.81. The van der Waals surface area contributed by atoms with Crippen LogP contribution in [0.25, 0.3) is 0 Å². The number of hydrogen-bond acceptors (Lipinski definition) is 4. The minimum atomic E-state index is -6.33. The van der Waals surface area contributed by atoms with E-state index in [2.05, 4.69) is 0 Å². The molecule has 1 fully saturated rings. The lowest BCUT2D eigenvalue weighted by atomic mass is 9.63. The molecule has 0 radical (unpaired) electrons. The molecule has 2 aromatic rings. The van der Waals surface area contributed by atoms with E-state index in [0.717, 1.165) is 26.0 Å². The van der Waals surface area contributed by atoms with Gasteiger partial charge < -0.3 is 21.7 Å². The van der Waals surface area contributed by atoms with Crippen LogP contribution >= 0.6 is 0 Å². The van der Waals surface area contributed by atoms with Crippen molar-refractivity contribution in [2.45, 2.75) is 87.3 Å². The third-order valence-electron chi connectivity index (χ3n) is 8.01. The average molecular weight is 626 g/mol. The lowest BCUT2D eigenvalue weighted by Crippen LogP contribution is -2.54. The van der Waals surface area contributed by atoms with E-state index in [1.807, 2.05) is 0 Å². The van der Waals surface area contributed by atoms with E-state index >= 15 is 0 Å². The van der Waals surface area contributed by atoms with Crippen molar-refractivity contribution < 1.29 is 62.9 Å². The van der Waals surface area contributed by atoms with Gasteiger partial charge in [-0.1, -0.05) is 31.4 Å². The molecule has 0 atom stereocenters. The van der Waals surface area contributed by atoms with Crippen LogP contribution in [-0.4, -0.2) is 34.9 Å². The summed E-state index contributed by atoms with van der Waals surface area (Å²) < 4.78 is 166. The molecule has 0 aromatic heterocycles. The highest BCUT2D eigenvalue weighted by atomic mass is 19.4. The number of anilines is 2. The van der Waals surface area contributed by atoms with Gasteiger partial charge in [-0.05, 0) is 61.1 Å². The fourth-order valence-corrected chi connectivity index (χ4v) is 5.58. The van der Waals surface area contributed by atoms with E-state index in [1.54, 1.807) is 0 Å². The number of rotatable bonds is 4. The van der Waals surface area contributed by atoms with Crippen LogP contribution in [0.2, 0.25) is 0 Å². The number of alkyl halides is 12. The predicted octanol–water partition coefficient (Wildman–Crippen LogP) is 7.34. The first-order valence-corrected chi connectivity index (χ1v) is 12.3. The molecule has 1 saturated carbocycles. The van der Waals surface area contributed by atoms with Crippen LogP contribution in [0.15, 0.2) is 24.3 Å². The maximum absolute atomic E-state index is 13.8. The summed E-state index contributed by atoms with van der Waals surface area (Å²) in [5.41, 5.74) is -8.67. The fourth-order valence-electron chi connectivity index (χ4n) is 5.58. The number of hydrogen-bond donors (Lipinski definition) is 4. The molecule has 0 heterocycles. The van der Waals surface area contributed by atoms with Crippen molar-refractivity contribution in [3.63, 3.8) is 0 Å². The zero-order chi connectivity index (χ0) is 32.5. The highest BCUT2D eigenvalue weighted by molar-refractivity contribution is 5.63. The Kier molecular flexibility index (Phi) is 8.08. The second-order valence-electron chi connectivity index (χ2n) is 10.6. The predicted molar refractivity (Wildman–Crippen MR) is 127 cm³/mol. The minimum Gasteiger partial charge on any atom is -0.398 e. The van der Waals surface area contributed by atoms with Crippen LogP contribution in [0.3, 0.4) is 0 Å². The standard InChI is InChI=1S/C26H26F12N2O2/c1-12-8-14(10-16(18(12)39)21(41,23(27,28)29)24(30,31)32)20(6-4-3-5-7-20)15-9-13(2)19(40)17(11-15)22(42,25(33,34)35)26(36,37)38/h8-11,41-42H,3-7,39-40H2,1-2H3. The first-order valence-electron chi connectivity index (χ1n) is 12.3. The minimum absolute atomic E-state index is 0.133. The first kappa shape index (κ1) is 33.6. The zero-order valence-corrected chi connectivity index (χ0v) is 21.9. The van der Waals surface area contributed by atoms with Gasteiger partial charge in [-0.3, -0.25) is 0 Å². The van der Waals surface area contributed by atoms with Crippen molar-refractivity contribution in [3.05, 3.63) is 57.6 Å². The van der Waals surface area contributed by atoms with Crippen molar-refractivity contribution in [2.24, 2.45) is 0 Å². The number of nitrogens with two attached hydrogens (primary N) is 2. The quantitative estimate of drug-likeness (QED) is 0.211. The van der Waals surface area contributed by atoms with Crippen LogP contribution in [0.1, 0.15) is 65.5 Å². The Bertz CT molecular complexity index is 1210. The third kappa shape index (κ3) is 4.93. The average Bonchev–Trinajstić information content (AvgIpc) is 2.83. The molecule has 236 valence electrons. The molecule has 42 heavy (non-hydrogen) atoms. The molecule has 6 N–H and O–H groups in total. The summed E-state index contributed by atoms with van der Waals surface area (Å²) in [6.45, 7) is 2.08. The number of halogens is 12. The molecule has 0 amide bonds. The Morgan fingerprint density at radius 3 is 1.10 bits per heavy atom. The maximum atomic E-state index is 13.8. The molecule has 16 heteroatoms. The number of benzene rings is 2. The zero-order valence-electron chi connectivity index (χ0n) is 21.9. The SMILES string of the molecule is Cc1cc(C2(c3cc(C)c(N)c(C(O)(C(F)(F)F)C(F)(F)F)c3)CCCCC2)cc(C(O)(C(F)(F)F)C(F)(F)F)c1N. The van der Waals surface area contributed by atoms with Crippen molar-refractivity contribution in [1.82, 2.24) is 0 Å². The van der Waals surface area contributed by atoms with E-state index in [9.17, 15) is 62.9 Å². The van der Waals surface area contributed by atoms with Crippen molar-refractivity contribution in [1.29, 1.82) is 0 Å². The summed E-state index contributed by atoms with van der Waals surface area (Å²) in [7, 11) is 0. The molecular formula is C26H26F12N2O2. The smallest absolute Gasteiger partial charge is 0.398 e. The molecule has 0 saturated heterocycles. The van der Waals surface area contributed by atoms with Gasteiger partial charge in [-0.25, -0.2) is 0 Å². The van der Waals surface area contributed by atoms with Crippen LogP contribution in [0.4, 0.5) is 64.1 Å². The molecule has 1 aliphatic carbocycles. The van der Waals surface area contributed by atoms with E-state index in [4.69, 9.17) is 11.5 Å². The molecule has 1 aliphatic rings. The fraction of sp³-hybridized carbons (Fsp3) is 0.538. The lowest BCUT2D eigenvalue weighted by Gasteiger charge is -2.42. The van der Waals surface area contributed by atoms with Crippen LogP contribution in [-0.2, 0) is 16.6 Å². The number of nitrogen functional groups attached to an aromatic ring is 2. The first-order chi connectivity index (χ1) is 18.8. The Balaban J connectivity index is 2.48. The van der Waals surface area contributed by atoms with Gasteiger partial charge in [-0.2, -0.15) is 52.7 Å². The van der Waals surface area contributed by atoms with Gasteiger partial charge in [0.05, 0.1) is 0 Å². The monoisotopic (exact) mass is 626 g/mol. The van der Waals surface area contributed by atoms with Crippen LogP contribution < -0.4 is 11.5 Å². The summed E-state index contributed by atoms with van der Waals surface area (Å²) in [4.78, 5) is 0. The highest BCUT2D eigenvalue weighted by Crippen LogP contribution is 2.56. The second-order valence-corrected chi connectivity index (χ2v) is 10.6. The van der Waals surface area contributed by atoms with E-state index in [-0.39, 0.29) is 47.9 Å². The second kappa shape index (κ2) is 10.1. The molecule has 2 aromatic carbocycles. The topological polar surface area (TPSA) is 92.5 Å². The Morgan fingerprint density at radius 2 is 0.833 bits per heavy atom. The maximum Gasteiger partial charge on any atom is 0.430 e. The number of aliphatic hydroxyl groups is 2. The van der Waals surface area contributed by atoms with Gasteiger partial charge in [0.25, 0.3) is 11.2 Å². The molecule has 0 unspecified atom stereocenters. The molecule has 3 rings (SSSR count). The van der Waals surface area contributed by atoms with Crippen molar-refractivity contribution >= 4 is 11.4 Å². The van der Waals surface area contributed by atoms with Gasteiger partial charge >= 0.3 is 24.7 Å². The van der Waals surface area contributed by atoms with E-state index in [0.29, 0.717) is 18.6 Å². The molecular weight excluding hydrogens is 600 g/mol. The molecule has 0 bridgehead atoms. The lowest BCUT2D eigenvalue weighted by molar-refractivity contribution is -0.376. The summed E-state index contributed by atoms with van der Waals surface area (Å²) in [5.74, 6) is 0. The van der Waals surface area contributed by atoms with Crippen molar-refractivity contribution in [2.75, 3.05) is 11.5 Å². The molecule has 0 aliphatic heterocycles. The van der Waals surface area contributed by atoms with Gasteiger partial charge in [0.2, 0.25) is 0 Å². The van der Waals surface area contributed by atoms with Crippen LogP contribution in [0.5, 0.6) is 0 Å². The molecule has 0 spiro atoms. The van der Waals surface area contributed by atoms with E-state index < -0.39 is 63.8 Å². The summed E-state index contributed by atoms with van der Waals surface area (Å²) in [5, 5.41) is 20.2. The van der Waals surface area contributed by atoms with Gasteiger partial charge in [0.15, 0.2) is 0 Å².